The van der Waals surface area contributed by atoms with Crippen molar-refractivity contribution in [2.45, 2.75) is 18.9 Å². The third-order valence-corrected chi connectivity index (χ3v) is 3.54. The van der Waals surface area contributed by atoms with E-state index in [1.54, 1.807) is 12.1 Å². The van der Waals surface area contributed by atoms with Gasteiger partial charge in [0.2, 0.25) is 0 Å². The van der Waals surface area contributed by atoms with Crippen molar-refractivity contribution in [2.75, 3.05) is 7.11 Å². The second-order valence-corrected chi connectivity index (χ2v) is 5.14. The maximum atomic E-state index is 14.0. The molecule has 0 fully saturated rings. The monoisotopic (exact) mass is 312 g/mol. The second kappa shape index (κ2) is 6.87. The first-order chi connectivity index (χ1) is 10.0. The van der Waals surface area contributed by atoms with Crippen LogP contribution in [0.3, 0.4) is 0 Å². The van der Waals surface area contributed by atoms with Gasteiger partial charge in [-0.05, 0) is 29.3 Å². The van der Waals surface area contributed by atoms with E-state index < -0.39 is 17.7 Å². The minimum Gasteiger partial charge on any atom is -0.494 e. The number of halogens is 3. The molecule has 112 valence electrons. The molecule has 0 aromatic heterocycles. The summed E-state index contributed by atoms with van der Waals surface area (Å²) in [5.41, 5.74) is 0.981. The van der Waals surface area contributed by atoms with Crippen LogP contribution in [0.5, 0.6) is 5.75 Å². The van der Waals surface area contributed by atoms with E-state index in [2.05, 4.69) is 0 Å². The van der Waals surface area contributed by atoms with Gasteiger partial charge in [0.25, 0.3) is 0 Å². The third kappa shape index (κ3) is 3.93. The number of benzene rings is 2. The van der Waals surface area contributed by atoms with E-state index in [0.717, 1.165) is 0 Å². The Hall–Kier alpha value is -1.65. The van der Waals surface area contributed by atoms with Crippen molar-refractivity contribution in [3.8, 4) is 5.75 Å². The quantitative estimate of drug-likeness (QED) is 0.910. The summed E-state index contributed by atoms with van der Waals surface area (Å²) in [5, 5.41) is 10.3. The molecule has 0 radical (unpaired) electrons. The summed E-state index contributed by atoms with van der Waals surface area (Å²) in [6.07, 6.45) is -0.485. The molecule has 1 atom stereocenters. The predicted octanol–water partition coefficient (Wildman–Crippen LogP) is 3.77. The highest BCUT2D eigenvalue weighted by atomic mass is 35.5. The maximum Gasteiger partial charge on any atom is 0.168 e. The molecule has 2 nitrogen and oxygen atoms in total. The van der Waals surface area contributed by atoms with Gasteiger partial charge < -0.3 is 9.84 Å². The van der Waals surface area contributed by atoms with Crippen molar-refractivity contribution in [1.29, 1.82) is 0 Å². The molecule has 21 heavy (non-hydrogen) atoms. The molecule has 0 bridgehead atoms. The first kappa shape index (κ1) is 15.7. The average Bonchev–Trinajstić information content (AvgIpc) is 2.44. The van der Waals surface area contributed by atoms with Crippen LogP contribution in [-0.4, -0.2) is 18.3 Å². The predicted molar refractivity (Wildman–Crippen MR) is 77.8 cm³/mol. The summed E-state index contributed by atoms with van der Waals surface area (Å²) in [6, 6.07) is 8.75. The number of aliphatic hydroxyl groups excluding tert-OH is 1. The number of rotatable bonds is 5. The van der Waals surface area contributed by atoms with E-state index in [9.17, 15) is 13.9 Å². The van der Waals surface area contributed by atoms with Gasteiger partial charge >= 0.3 is 0 Å². The van der Waals surface area contributed by atoms with Crippen LogP contribution in [0.25, 0.3) is 0 Å². The van der Waals surface area contributed by atoms with E-state index in [0.29, 0.717) is 11.1 Å². The minimum atomic E-state index is -0.824. The molecule has 5 heteroatoms. The molecular weight excluding hydrogens is 298 g/mol. The van der Waals surface area contributed by atoms with E-state index in [1.807, 2.05) is 0 Å². The fraction of sp³-hybridized carbons (Fsp3) is 0.250. The molecule has 0 aliphatic rings. The Morgan fingerprint density at radius 2 is 1.86 bits per heavy atom. The fourth-order valence-electron chi connectivity index (χ4n) is 2.14. The largest absolute Gasteiger partial charge is 0.494 e. The standard InChI is InChI=1S/C16H15ClF2O2/c1-21-15-4-2-3-11(16(15)19)8-13(20)7-10-5-6-12(18)9-14(10)17/h2-6,9,13,20H,7-8H2,1H3. The molecular formula is C16H15ClF2O2. The molecule has 0 amide bonds. The number of hydrogen-bond acceptors (Lipinski definition) is 2. The van der Waals surface area contributed by atoms with Gasteiger partial charge in [0.05, 0.1) is 13.2 Å². The molecule has 0 heterocycles. The number of ether oxygens (including phenoxy) is 1. The number of hydrogen-bond donors (Lipinski definition) is 1. The van der Waals surface area contributed by atoms with Gasteiger partial charge in [-0.1, -0.05) is 29.8 Å². The number of aliphatic hydroxyl groups is 1. The lowest BCUT2D eigenvalue weighted by atomic mass is 10.0. The third-order valence-electron chi connectivity index (χ3n) is 3.19. The molecule has 2 rings (SSSR count). The highest BCUT2D eigenvalue weighted by Crippen LogP contribution is 2.23. The van der Waals surface area contributed by atoms with Crippen LogP contribution in [0.1, 0.15) is 11.1 Å². The van der Waals surface area contributed by atoms with Crippen LogP contribution in [0.4, 0.5) is 8.78 Å². The normalized spacial score (nSPS) is 12.2. The molecule has 0 aliphatic heterocycles. The molecule has 2 aromatic carbocycles. The zero-order valence-corrected chi connectivity index (χ0v) is 12.2. The SMILES string of the molecule is COc1cccc(CC(O)Cc2ccc(F)cc2Cl)c1F. The Morgan fingerprint density at radius 1 is 1.14 bits per heavy atom. The summed E-state index contributed by atoms with van der Waals surface area (Å²) in [7, 11) is 1.39. The topological polar surface area (TPSA) is 29.5 Å². The molecule has 2 aromatic rings. The Balaban J connectivity index is 2.10. The van der Waals surface area contributed by atoms with Crippen molar-refractivity contribution in [2.24, 2.45) is 0 Å². The molecule has 0 aliphatic carbocycles. The van der Waals surface area contributed by atoms with Crippen molar-refractivity contribution in [1.82, 2.24) is 0 Å². The summed E-state index contributed by atoms with van der Waals surface area (Å²) in [6.45, 7) is 0. The average molecular weight is 313 g/mol. The lowest BCUT2D eigenvalue weighted by Gasteiger charge is -2.13. The summed E-state index contributed by atoms with van der Waals surface area (Å²) < 4.78 is 31.8. The van der Waals surface area contributed by atoms with Crippen LogP contribution in [0.15, 0.2) is 36.4 Å². The molecule has 0 spiro atoms. The highest BCUT2D eigenvalue weighted by Gasteiger charge is 2.14. The van der Waals surface area contributed by atoms with Crippen LogP contribution >= 0.6 is 11.6 Å². The fourth-order valence-corrected chi connectivity index (χ4v) is 2.38. The van der Waals surface area contributed by atoms with Gasteiger partial charge in [-0.3, -0.25) is 0 Å². The summed E-state index contributed by atoms with van der Waals surface area (Å²) in [4.78, 5) is 0. The van der Waals surface area contributed by atoms with Gasteiger partial charge in [0.15, 0.2) is 11.6 Å². The van der Waals surface area contributed by atoms with Crippen molar-refractivity contribution >= 4 is 11.6 Å². The smallest absolute Gasteiger partial charge is 0.168 e. The highest BCUT2D eigenvalue weighted by molar-refractivity contribution is 6.31. The van der Waals surface area contributed by atoms with Crippen molar-refractivity contribution < 1.29 is 18.6 Å². The Labute approximate surface area is 126 Å². The summed E-state index contributed by atoms with van der Waals surface area (Å²) >= 11 is 5.91. The lowest BCUT2D eigenvalue weighted by Crippen LogP contribution is -2.15. The van der Waals surface area contributed by atoms with E-state index >= 15 is 0 Å². The van der Waals surface area contributed by atoms with Crippen molar-refractivity contribution in [3.05, 3.63) is 64.2 Å². The van der Waals surface area contributed by atoms with Gasteiger partial charge in [-0.2, -0.15) is 0 Å². The first-order valence-corrected chi connectivity index (χ1v) is 6.82. The maximum absolute atomic E-state index is 14.0. The zero-order valence-electron chi connectivity index (χ0n) is 11.4. The van der Waals surface area contributed by atoms with Gasteiger partial charge in [0, 0.05) is 17.9 Å². The Bertz CT molecular complexity index is 632. The Morgan fingerprint density at radius 3 is 2.52 bits per heavy atom. The van der Waals surface area contributed by atoms with Gasteiger partial charge in [-0.25, -0.2) is 8.78 Å². The first-order valence-electron chi connectivity index (χ1n) is 6.44. The molecule has 0 saturated heterocycles. The van der Waals surface area contributed by atoms with Crippen LogP contribution < -0.4 is 4.74 Å². The lowest BCUT2D eigenvalue weighted by molar-refractivity contribution is 0.174. The Kier molecular flexibility index (Phi) is 5.15. The molecule has 0 saturated carbocycles. The minimum absolute atomic E-state index is 0.122. The van der Waals surface area contributed by atoms with Crippen molar-refractivity contribution in [3.63, 3.8) is 0 Å². The number of methoxy groups -OCH3 is 1. The van der Waals surface area contributed by atoms with E-state index in [1.165, 1.54) is 31.4 Å². The van der Waals surface area contributed by atoms with Gasteiger partial charge in [0.1, 0.15) is 5.82 Å². The second-order valence-electron chi connectivity index (χ2n) is 4.73. The van der Waals surface area contributed by atoms with E-state index in [-0.39, 0.29) is 23.6 Å². The van der Waals surface area contributed by atoms with Crippen LogP contribution in [0, 0.1) is 11.6 Å². The van der Waals surface area contributed by atoms with Gasteiger partial charge in [-0.15, -0.1) is 0 Å². The molecule has 1 unspecified atom stereocenters. The summed E-state index contributed by atoms with van der Waals surface area (Å²) in [5.74, 6) is -0.777. The van der Waals surface area contributed by atoms with Crippen LogP contribution in [0.2, 0.25) is 5.02 Å². The molecule has 1 N–H and O–H groups in total. The zero-order chi connectivity index (χ0) is 15.4. The van der Waals surface area contributed by atoms with Crippen LogP contribution in [-0.2, 0) is 12.8 Å². The van der Waals surface area contributed by atoms with E-state index in [4.69, 9.17) is 16.3 Å².